The van der Waals surface area contributed by atoms with Crippen molar-refractivity contribution in [3.8, 4) is 0 Å². The number of fused-ring (bicyclic) bond motifs is 1. The van der Waals surface area contributed by atoms with Crippen molar-refractivity contribution >= 4 is 17.0 Å². The lowest BCUT2D eigenvalue weighted by Gasteiger charge is -2.24. The number of benzene rings is 1. The van der Waals surface area contributed by atoms with Gasteiger partial charge < -0.3 is 9.32 Å². The molecule has 0 radical (unpaired) electrons. The molecule has 1 aliphatic carbocycles. The minimum Gasteiger partial charge on any atom is -0.441 e. The molecule has 1 saturated heterocycles. The van der Waals surface area contributed by atoms with E-state index in [1.807, 2.05) is 34.0 Å². The van der Waals surface area contributed by atoms with Gasteiger partial charge in [-0.2, -0.15) is 0 Å². The number of carbonyl (C=O) groups is 1. The van der Waals surface area contributed by atoms with Crippen LogP contribution in [0.5, 0.6) is 0 Å². The molecular formula is C19H21N5O2. The number of amides is 1. The Hall–Kier alpha value is -2.70. The highest BCUT2D eigenvalue weighted by atomic mass is 16.3. The number of oxazole rings is 1. The Morgan fingerprint density at radius 1 is 1.31 bits per heavy atom. The molecule has 1 amide bonds. The molecule has 7 heteroatoms. The van der Waals surface area contributed by atoms with E-state index in [1.165, 1.54) is 12.8 Å². The van der Waals surface area contributed by atoms with Crippen molar-refractivity contribution in [1.29, 1.82) is 0 Å². The van der Waals surface area contributed by atoms with Crippen molar-refractivity contribution in [1.82, 2.24) is 24.9 Å². The van der Waals surface area contributed by atoms with Crippen LogP contribution in [0.4, 0.5) is 0 Å². The first-order valence-corrected chi connectivity index (χ1v) is 9.26. The summed E-state index contributed by atoms with van der Waals surface area (Å²) in [6.07, 6.45) is 6.47. The number of likely N-dealkylation sites (tertiary alicyclic amines) is 1. The molecule has 7 nitrogen and oxygen atoms in total. The van der Waals surface area contributed by atoms with Crippen LogP contribution in [0.25, 0.3) is 11.1 Å². The van der Waals surface area contributed by atoms with Crippen LogP contribution in [-0.2, 0) is 6.54 Å². The molecular weight excluding hydrogens is 330 g/mol. The van der Waals surface area contributed by atoms with Crippen LogP contribution < -0.4 is 0 Å². The van der Waals surface area contributed by atoms with Gasteiger partial charge in [0.25, 0.3) is 5.91 Å². The van der Waals surface area contributed by atoms with Gasteiger partial charge in [-0.15, -0.1) is 5.10 Å². The maximum atomic E-state index is 13.2. The summed E-state index contributed by atoms with van der Waals surface area (Å²) >= 11 is 0. The lowest BCUT2D eigenvalue weighted by Crippen LogP contribution is -2.38. The van der Waals surface area contributed by atoms with E-state index in [1.54, 1.807) is 6.92 Å². The smallest absolute Gasteiger partial charge is 0.256 e. The lowest BCUT2D eigenvalue weighted by molar-refractivity contribution is 0.0723. The molecule has 3 heterocycles. The lowest BCUT2D eigenvalue weighted by atomic mass is 10.1. The minimum atomic E-state index is 0.0222. The van der Waals surface area contributed by atoms with Crippen molar-refractivity contribution < 1.29 is 9.21 Å². The normalized spacial score (nSPS) is 20.2. The first-order valence-electron chi connectivity index (χ1n) is 9.26. The van der Waals surface area contributed by atoms with Gasteiger partial charge in [-0.3, -0.25) is 9.48 Å². The second-order valence-electron chi connectivity index (χ2n) is 7.32. The third-order valence-electron chi connectivity index (χ3n) is 5.34. The topological polar surface area (TPSA) is 77.1 Å². The maximum Gasteiger partial charge on any atom is 0.256 e. The van der Waals surface area contributed by atoms with Crippen molar-refractivity contribution in [2.75, 3.05) is 6.54 Å². The summed E-state index contributed by atoms with van der Waals surface area (Å²) in [6.45, 7) is 3.26. The summed E-state index contributed by atoms with van der Waals surface area (Å²) in [5.74, 6) is 1.19. The molecule has 0 spiro atoms. The zero-order valence-electron chi connectivity index (χ0n) is 14.8. The minimum absolute atomic E-state index is 0.0222. The van der Waals surface area contributed by atoms with Gasteiger partial charge in [-0.05, 0) is 37.8 Å². The second kappa shape index (κ2) is 5.93. The molecule has 2 aliphatic rings. The first kappa shape index (κ1) is 15.5. The second-order valence-corrected chi connectivity index (χ2v) is 7.32. The third kappa shape index (κ3) is 2.67. The molecule has 1 atom stereocenters. The highest BCUT2D eigenvalue weighted by molar-refractivity contribution is 6.04. The average Bonchev–Trinajstić information content (AvgIpc) is 3.04. The zero-order chi connectivity index (χ0) is 17.7. The van der Waals surface area contributed by atoms with Crippen LogP contribution in [0, 0.1) is 6.92 Å². The Balaban J connectivity index is 1.39. The SMILES string of the molecule is Cc1nc2c(C(=O)N3CCC[C@H]3Cn3cc(C4CC4)nn3)cccc2o1. The Labute approximate surface area is 151 Å². The summed E-state index contributed by atoms with van der Waals surface area (Å²) in [7, 11) is 0. The molecule has 1 aromatic carbocycles. The monoisotopic (exact) mass is 351 g/mol. The van der Waals surface area contributed by atoms with Crippen LogP contribution in [0.3, 0.4) is 0 Å². The third-order valence-corrected chi connectivity index (χ3v) is 5.34. The van der Waals surface area contributed by atoms with E-state index in [9.17, 15) is 4.79 Å². The van der Waals surface area contributed by atoms with Gasteiger partial charge in [0.2, 0.25) is 0 Å². The molecule has 3 aromatic rings. The fourth-order valence-electron chi connectivity index (χ4n) is 3.86. The molecule has 5 rings (SSSR count). The van der Waals surface area contributed by atoms with Gasteiger partial charge >= 0.3 is 0 Å². The van der Waals surface area contributed by atoms with Crippen LogP contribution in [0.15, 0.2) is 28.8 Å². The molecule has 1 saturated carbocycles. The van der Waals surface area contributed by atoms with Crippen molar-refractivity contribution in [3.63, 3.8) is 0 Å². The fraction of sp³-hybridized carbons (Fsp3) is 0.474. The van der Waals surface area contributed by atoms with Crippen LogP contribution >= 0.6 is 0 Å². The molecule has 0 unspecified atom stereocenters. The summed E-state index contributed by atoms with van der Waals surface area (Å²) in [5, 5.41) is 8.54. The number of para-hydroxylation sites is 1. The number of aryl methyl sites for hydroxylation is 1. The Bertz CT molecular complexity index is 971. The number of hydrogen-bond donors (Lipinski definition) is 0. The molecule has 1 aliphatic heterocycles. The predicted molar refractivity (Wildman–Crippen MR) is 94.8 cm³/mol. The molecule has 2 aromatic heterocycles. The number of carbonyl (C=O) groups excluding carboxylic acids is 1. The average molecular weight is 351 g/mol. The molecule has 0 N–H and O–H groups in total. The number of rotatable bonds is 4. The largest absolute Gasteiger partial charge is 0.441 e. The van der Waals surface area contributed by atoms with Gasteiger partial charge in [0.1, 0.15) is 5.52 Å². The molecule has 26 heavy (non-hydrogen) atoms. The van der Waals surface area contributed by atoms with E-state index in [0.717, 1.165) is 25.1 Å². The van der Waals surface area contributed by atoms with Crippen LogP contribution in [0.2, 0.25) is 0 Å². The first-order chi connectivity index (χ1) is 12.7. The fourth-order valence-corrected chi connectivity index (χ4v) is 3.86. The van der Waals surface area contributed by atoms with Crippen molar-refractivity contribution in [3.05, 3.63) is 41.5 Å². The summed E-state index contributed by atoms with van der Waals surface area (Å²) < 4.78 is 7.46. The molecule has 134 valence electrons. The highest BCUT2D eigenvalue weighted by Crippen LogP contribution is 2.38. The maximum absolute atomic E-state index is 13.2. The van der Waals surface area contributed by atoms with Gasteiger partial charge in [-0.1, -0.05) is 11.3 Å². The highest BCUT2D eigenvalue weighted by Gasteiger charge is 2.32. The van der Waals surface area contributed by atoms with Gasteiger partial charge in [-0.25, -0.2) is 4.98 Å². The zero-order valence-corrected chi connectivity index (χ0v) is 14.8. The van der Waals surface area contributed by atoms with E-state index in [0.29, 0.717) is 35.0 Å². The van der Waals surface area contributed by atoms with Gasteiger partial charge in [0, 0.05) is 25.6 Å². The summed E-state index contributed by atoms with van der Waals surface area (Å²) in [4.78, 5) is 19.6. The number of aromatic nitrogens is 4. The van der Waals surface area contributed by atoms with Crippen LogP contribution in [0.1, 0.15) is 53.5 Å². The standard InChI is InChI=1S/C19H21N5O2/c1-12-20-18-15(5-2-6-17(18)26-12)19(25)24-9-3-4-14(24)10-23-11-16(21-22-23)13-7-8-13/h2,5-6,11,13-14H,3-4,7-10H2,1H3/t14-/m0/s1. The van der Waals surface area contributed by atoms with Gasteiger partial charge in [0.05, 0.1) is 23.8 Å². The van der Waals surface area contributed by atoms with Crippen molar-refractivity contribution in [2.45, 2.75) is 51.1 Å². The summed E-state index contributed by atoms with van der Waals surface area (Å²) in [5.41, 5.74) is 3.01. The van der Waals surface area contributed by atoms with Crippen molar-refractivity contribution in [2.24, 2.45) is 0 Å². The van der Waals surface area contributed by atoms with E-state index in [-0.39, 0.29) is 11.9 Å². The predicted octanol–water partition coefficient (Wildman–Crippen LogP) is 2.91. The molecule has 0 bridgehead atoms. The van der Waals surface area contributed by atoms with Crippen LogP contribution in [-0.4, -0.2) is 43.4 Å². The van der Waals surface area contributed by atoms with E-state index in [2.05, 4.69) is 15.3 Å². The van der Waals surface area contributed by atoms with E-state index < -0.39 is 0 Å². The van der Waals surface area contributed by atoms with E-state index >= 15 is 0 Å². The van der Waals surface area contributed by atoms with E-state index in [4.69, 9.17) is 4.42 Å². The number of hydrogen-bond acceptors (Lipinski definition) is 5. The Kier molecular flexibility index (Phi) is 3.55. The Morgan fingerprint density at radius 2 is 2.19 bits per heavy atom. The quantitative estimate of drug-likeness (QED) is 0.722. The molecule has 2 fully saturated rings. The summed E-state index contributed by atoms with van der Waals surface area (Å²) in [6, 6.07) is 5.68. The number of nitrogens with zero attached hydrogens (tertiary/aromatic N) is 5. The Morgan fingerprint density at radius 3 is 3.04 bits per heavy atom. The van der Waals surface area contributed by atoms with Gasteiger partial charge in [0.15, 0.2) is 11.5 Å².